The van der Waals surface area contributed by atoms with Crippen LogP contribution in [0.15, 0.2) is 59.4 Å². The third-order valence-corrected chi connectivity index (χ3v) is 4.13. The summed E-state index contributed by atoms with van der Waals surface area (Å²) < 4.78 is 24.4. The van der Waals surface area contributed by atoms with E-state index in [1.807, 2.05) is 6.92 Å². The summed E-state index contributed by atoms with van der Waals surface area (Å²) in [5.41, 5.74) is 1.03. The Hall–Kier alpha value is -4.01. The summed E-state index contributed by atoms with van der Waals surface area (Å²) in [6, 6.07) is 13.2. The Morgan fingerprint density at radius 3 is 2.42 bits per heavy atom. The van der Waals surface area contributed by atoms with Crippen molar-refractivity contribution in [2.45, 2.75) is 13.8 Å². The van der Waals surface area contributed by atoms with Crippen molar-refractivity contribution in [2.24, 2.45) is 0 Å². The Labute approximate surface area is 177 Å². The van der Waals surface area contributed by atoms with Gasteiger partial charge in [-0.15, -0.1) is 0 Å². The fourth-order valence-electron chi connectivity index (χ4n) is 2.64. The summed E-state index contributed by atoms with van der Waals surface area (Å²) in [5, 5.41) is 6.61. The van der Waals surface area contributed by atoms with Crippen LogP contribution in [-0.4, -0.2) is 34.9 Å². The van der Waals surface area contributed by atoms with Crippen LogP contribution in [0.25, 0.3) is 5.69 Å². The van der Waals surface area contributed by atoms with E-state index in [4.69, 9.17) is 9.47 Å². The lowest BCUT2D eigenvalue weighted by molar-refractivity contribution is -0.118. The number of aromatic nitrogens is 2. The highest BCUT2D eigenvalue weighted by Crippen LogP contribution is 2.17. The molecule has 1 amide bonds. The van der Waals surface area contributed by atoms with E-state index in [-0.39, 0.29) is 18.1 Å². The van der Waals surface area contributed by atoms with Crippen molar-refractivity contribution < 1.29 is 23.5 Å². The maximum absolute atomic E-state index is 13.0. The van der Waals surface area contributed by atoms with E-state index < -0.39 is 29.9 Å². The lowest BCUT2D eigenvalue weighted by atomic mass is 10.2. The number of hydrogen-bond acceptors (Lipinski definition) is 6. The predicted octanol–water partition coefficient (Wildman–Crippen LogP) is 2.87. The zero-order valence-electron chi connectivity index (χ0n) is 16.9. The quantitative estimate of drug-likeness (QED) is 0.585. The van der Waals surface area contributed by atoms with E-state index in [0.29, 0.717) is 11.4 Å². The zero-order valence-corrected chi connectivity index (χ0v) is 16.9. The van der Waals surface area contributed by atoms with Gasteiger partial charge in [0.25, 0.3) is 11.5 Å². The molecule has 0 aliphatic rings. The zero-order chi connectivity index (χ0) is 22.4. The molecule has 0 fully saturated rings. The first-order valence-corrected chi connectivity index (χ1v) is 9.44. The van der Waals surface area contributed by atoms with Crippen molar-refractivity contribution in [3.8, 4) is 11.4 Å². The first-order chi connectivity index (χ1) is 14.9. The van der Waals surface area contributed by atoms with Crippen LogP contribution in [0.1, 0.15) is 23.0 Å². The van der Waals surface area contributed by atoms with Crippen molar-refractivity contribution in [1.29, 1.82) is 0 Å². The summed E-state index contributed by atoms with van der Waals surface area (Å²) in [6.07, 6.45) is 0. The van der Waals surface area contributed by atoms with E-state index in [0.717, 1.165) is 16.3 Å². The Morgan fingerprint density at radius 1 is 1.10 bits per heavy atom. The van der Waals surface area contributed by atoms with Crippen LogP contribution in [0.2, 0.25) is 0 Å². The normalized spacial score (nSPS) is 10.4. The van der Waals surface area contributed by atoms with Crippen LogP contribution in [-0.2, 0) is 9.53 Å². The van der Waals surface area contributed by atoms with Gasteiger partial charge in [-0.25, -0.2) is 9.18 Å². The average Bonchev–Trinajstić information content (AvgIpc) is 2.75. The first-order valence-electron chi connectivity index (χ1n) is 9.44. The number of ether oxygens (including phenoxy) is 2. The number of amides is 1. The number of nitrogens with zero attached hydrogens (tertiary/aromatic N) is 2. The third kappa shape index (κ3) is 5.53. The number of carbonyl (C=O) groups is 2. The van der Waals surface area contributed by atoms with Crippen molar-refractivity contribution in [3.05, 3.63) is 82.0 Å². The van der Waals surface area contributed by atoms with Gasteiger partial charge in [0.1, 0.15) is 5.82 Å². The third-order valence-electron chi connectivity index (χ3n) is 4.13. The number of anilines is 1. The van der Waals surface area contributed by atoms with Gasteiger partial charge in [-0.05, 0) is 50.2 Å². The minimum atomic E-state index is -0.794. The molecule has 3 aromatic rings. The monoisotopic (exact) mass is 425 g/mol. The highest BCUT2D eigenvalue weighted by molar-refractivity contribution is 5.93. The molecule has 0 atom stereocenters. The van der Waals surface area contributed by atoms with Gasteiger partial charge in [-0.3, -0.25) is 9.59 Å². The number of rotatable bonds is 7. The number of benzene rings is 2. The van der Waals surface area contributed by atoms with E-state index in [9.17, 15) is 18.8 Å². The van der Waals surface area contributed by atoms with E-state index in [1.54, 1.807) is 31.2 Å². The maximum Gasteiger partial charge on any atom is 0.362 e. The second-order valence-electron chi connectivity index (χ2n) is 6.51. The molecule has 0 spiro atoms. The first kappa shape index (κ1) is 21.7. The number of aryl methyl sites for hydroxylation is 1. The molecule has 2 aromatic carbocycles. The second kappa shape index (κ2) is 9.66. The summed E-state index contributed by atoms with van der Waals surface area (Å²) in [5.74, 6) is -1.98. The van der Waals surface area contributed by atoms with Gasteiger partial charge < -0.3 is 14.8 Å². The van der Waals surface area contributed by atoms with Crippen LogP contribution >= 0.6 is 0 Å². The highest BCUT2D eigenvalue weighted by atomic mass is 19.1. The van der Waals surface area contributed by atoms with Crippen LogP contribution in [0.5, 0.6) is 5.75 Å². The Balaban J connectivity index is 1.84. The number of nitrogens with one attached hydrogen (secondary N) is 1. The fraction of sp³-hybridized carbons (Fsp3) is 0.182. The van der Waals surface area contributed by atoms with Crippen molar-refractivity contribution in [2.75, 3.05) is 18.5 Å². The van der Waals surface area contributed by atoms with E-state index in [1.165, 1.54) is 24.3 Å². The summed E-state index contributed by atoms with van der Waals surface area (Å²) in [4.78, 5) is 37.1. The molecule has 0 unspecified atom stereocenters. The molecular formula is C22H20FN3O5. The number of esters is 1. The van der Waals surface area contributed by atoms with Crippen LogP contribution in [0.3, 0.4) is 0 Å². The second-order valence-corrected chi connectivity index (χ2v) is 6.51. The molecular weight excluding hydrogens is 405 g/mol. The fourth-order valence-corrected chi connectivity index (χ4v) is 2.64. The molecule has 9 heteroatoms. The number of hydrogen-bond donors (Lipinski definition) is 1. The maximum atomic E-state index is 13.0. The molecule has 0 bridgehead atoms. The molecule has 0 aliphatic heterocycles. The van der Waals surface area contributed by atoms with Gasteiger partial charge in [0.15, 0.2) is 12.4 Å². The lowest BCUT2D eigenvalue weighted by Crippen LogP contribution is -2.27. The molecule has 1 aromatic heterocycles. The van der Waals surface area contributed by atoms with Crippen LogP contribution < -0.4 is 15.6 Å². The number of carbonyl (C=O) groups excluding carboxylic acids is 2. The SMILES string of the molecule is CCOC(=O)c1nn(-c2ccc(C)cc2)c(=O)cc1OCC(=O)Nc1ccc(F)cc1. The van der Waals surface area contributed by atoms with Gasteiger partial charge >= 0.3 is 5.97 Å². The lowest BCUT2D eigenvalue weighted by Gasteiger charge is -2.13. The molecule has 0 radical (unpaired) electrons. The van der Waals surface area contributed by atoms with Crippen LogP contribution in [0, 0.1) is 12.7 Å². The Morgan fingerprint density at radius 2 is 1.77 bits per heavy atom. The Kier molecular flexibility index (Phi) is 6.76. The van der Waals surface area contributed by atoms with Gasteiger partial charge in [0.2, 0.25) is 5.69 Å². The predicted molar refractivity (Wildman–Crippen MR) is 111 cm³/mol. The van der Waals surface area contributed by atoms with E-state index >= 15 is 0 Å². The largest absolute Gasteiger partial charge is 0.481 e. The molecule has 160 valence electrons. The molecule has 31 heavy (non-hydrogen) atoms. The van der Waals surface area contributed by atoms with Crippen molar-refractivity contribution in [3.63, 3.8) is 0 Å². The van der Waals surface area contributed by atoms with E-state index in [2.05, 4.69) is 10.4 Å². The highest BCUT2D eigenvalue weighted by Gasteiger charge is 2.20. The summed E-state index contributed by atoms with van der Waals surface area (Å²) in [6.45, 7) is 3.12. The topological polar surface area (TPSA) is 99.5 Å². The van der Waals surface area contributed by atoms with Gasteiger partial charge in [0, 0.05) is 5.69 Å². The average molecular weight is 425 g/mol. The molecule has 1 heterocycles. The molecule has 0 saturated heterocycles. The van der Waals surface area contributed by atoms with Gasteiger partial charge in [-0.2, -0.15) is 9.78 Å². The Bertz CT molecular complexity index is 1140. The van der Waals surface area contributed by atoms with Crippen LogP contribution in [0.4, 0.5) is 10.1 Å². The standard InChI is InChI=1S/C22H20FN3O5/c1-3-30-22(29)21-18(31-13-19(27)24-16-8-6-15(23)7-9-16)12-20(28)26(25-21)17-10-4-14(2)5-11-17/h4-12H,3,13H2,1-2H3,(H,24,27). The smallest absolute Gasteiger partial charge is 0.362 e. The molecule has 3 rings (SSSR count). The number of halogens is 1. The summed E-state index contributed by atoms with van der Waals surface area (Å²) >= 11 is 0. The van der Waals surface area contributed by atoms with Gasteiger partial charge in [0.05, 0.1) is 18.4 Å². The molecule has 0 aliphatic carbocycles. The minimum absolute atomic E-state index is 0.0919. The van der Waals surface area contributed by atoms with Crippen molar-refractivity contribution >= 4 is 17.6 Å². The minimum Gasteiger partial charge on any atom is -0.481 e. The molecule has 0 saturated carbocycles. The summed E-state index contributed by atoms with van der Waals surface area (Å²) in [7, 11) is 0. The molecule has 1 N–H and O–H groups in total. The molecule has 8 nitrogen and oxygen atoms in total. The van der Waals surface area contributed by atoms with Gasteiger partial charge in [-0.1, -0.05) is 17.7 Å². The van der Waals surface area contributed by atoms with Crippen molar-refractivity contribution in [1.82, 2.24) is 9.78 Å².